The van der Waals surface area contributed by atoms with Crippen LogP contribution in [0.25, 0.3) is 0 Å². The van der Waals surface area contributed by atoms with Gasteiger partial charge in [-0.15, -0.1) is 0 Å². The van der Waals surface area contributed by atoms with E-state index in [-0.39, 0.29) is 12.0 Å². The molecule has 0 saturated carbocycles. The Morgan fingerprint density at radius 1 is 1.50 bits per heavy atom. The Hall–Kier alpha value is -0.160. The van der Waals surface area contributed by atoms with E-state index < -0.39 is 0 Å². The highest BCUT2D eigenvalue weighted by molar-refractivity contribution is 4.86. The van der Waals surface area contributed by atoms with Crippen LogP contribution in [0.4, 0.5) is 0 Å². The van der Waals surface area contributed by atoms with Crippen LogP contribution in [0.5, 0.6) is 0 Å². The van der Waals surface area contributed by atoms with Crippen molar-refractivity contribution >= 4 is 0 Å². The van der Waals surface area contributed by atoms with E-state index in [1.165, 1.54) is 0 Å². The third kappa shape index (κ3) is 1.47. The van der Waals surface area contributed by atoms with E-state index in [0.717, 1.165) is 13.1 Å². The van der Waals surface area contributed by atoms with Crippen LogP contribution < -0.4 is 5.32 Å². The van der Waals surface area contributed by atoms with E-state index in [2.05, 4.69) is 5.32 Å². The van der Waals surface area contributed by atoms with Crippen molar-refractivity contribution in [1.29, 1.82) is 0 Å². The van der Waals surface area contributed by atoms with Crippen LogP contribution >= 0.6 is 0 Å². The van der Waals surface area contributed by atoms with Crippen LogP contribution in [-0.4, -0.2) is 50.7 Å². The van der Waals surface area contributed by atoms with Crippen LogP contribution in [-0.2, 0) is 9.47 Å². The summed E-state index contributed by atoms with van der Waals surface area (Å²) in [4.78, 5) is 0. The molecule has 0 aromatic heterocycles. The van der Waals surface area contributed by atoms with Gasteiger partial charge in [0.05, 0.1) is 37.9 Å². The first kappa shape index (κ1) is 8.44. The Balaban J connectivity index is 1.69. The fraction of sp³-hybridized carbons (Fsp3) is 1.00. The van der Waals surface area contributed by atoms with Gasteiger partial charge in [-0.25, -0.2) is 0 Å². The minimum absolute atomic E-state index is 0.0877. The predicted octanol–water partition coefficient (Wildman–Crippen LogP) is -1.02. The minimum atomic E-state index is -0.0877. The molecule has 0 spiro atoms. The first-order chi connectivity index (χ1) is 5.85. The van der Waals surface area contributed by atoms with E-state index >= 15 is 0 Å². The number of aliphatic hydroxyl groups excluding tert-OH is 1. The quantitative estimate of drug-likeness (QED) is 0.571. The van der Waals surface area contributed by atoms with Crippen LogP contribution in [0.1, 0.15) is 0 Å². The van der Waals surface area contributed by atoms with Gasteiger partial charge in [-0.1, -0.05) is 0 Å². The molecular weight excluding hydrogens is 158 g/mol. The van der Waals surface area contributed by atoms with Gasteiger partial charge in [0.2, 0.25) is 0 Å². The monoisotopic (exact) mass is 173 g/mol. The van der Waals surface area contributed by atoms with Gasteiger partial charge in [0.15, 0.2) is 0 Å². The molecule has 2 fully saturated rings. The van der Waals surface area contributed by atoms with E-state index in [1.807, 2.05) is 0 Å². The van der Waals surface area contributed by atoms with Crippen molar-refractivity contribution in [2.75, 3.05) is 39.5 Å². The molecule has 2 aliphatic heterocycles. The molecule has 12 heavy (non-hydrogen) atoms. The van der Waals surface area contributed by atoms with Crippen molar-refractivity contribution in [1.82, 2.24) is 5.32 Å². The van der Waals surface area contributed by atoms with Crippen molar-refractivity contribution in [3.05, 3.63) is 0 Å². The lowest BCUT2D eigenvalue weighted by molar-refractivity contribution is -0.180. The summed E-state index contributed by atoms with van der Waals surface area (Å²) in [6.45, 7) is 3.99. The largest absolute Gasteiger partial charge is 0.396 e. The third-order valence-electron chi connectivity index (χ3n) is 2.52. The van der Waals surface area contributed by atoms with Crippen molar-refractivity contribution in [3.8, 4) is 0 Å². The van der Waals surface area contributed by atoms with Crippen molar-refractivity contribution in [3.63, 3.8) is 0 Å². The van der Waals surface area contributed by atoms with E-state index in [9.17, 15) is 0 Å². The molecule has 2 heterocycles. The van der Waals surface area contributed by atoms with E-state index in [0.29, 0.717) is 25.9 Å². The lowest BCUT2D eigenvalue weighted by Gasteiger charge is -2.41. The topological polar surface area (TPSA) is 50.7 Å². The van der Waals surface area contributed by atoms with Crippen molar-refractivity contribution in [2.24, 2.45) is 5.41 Å². The van der Waals surface area contributed by atoms with Gasteiger partial charge in [0.1, 0.15) is 0 Å². The highest BCUT2D eigenvalue weighted by Gasteiger charge is 2.39. The maximum Gasteiger partial charge on any atom is 0.0823 e. The second kappa shape index (κ2) is 3.30. The van der Waals surface area contributed by atoms with E-state index in [4.69, 9.17) is 14.6 Å². The number of aliphatic hydroxyl groups is 1. The molecule has 2 aliphatic rings. The molecule has 4 heteroatoms. The Morgan fingerprint density at radius 2 is 2.25 bits per heavy atom. The third-order valence-corrected chi connectivity index (χ3v) is 2.52. The summed E-state index contributed by atoms with van der Waals surface area (Å²) in [6, 6.07) is 0. The van der Waals surface area contributed by atoms with Gasteiger partial charge < -0.3 is 19.9 Å². The zero-order valence-corrected chi connectivity index (χ0v) is 7.08. The molecule has 0 aliphatic carbocycles. The molecule has 70 valence electrons. The molecule has 2 N–H and O–H groups in total. The minimum Gasteiger partial charge on any atom is -0.396 e. The number of rotatable bonds is 4. The Morgan fingerprint density at radius 3 is 2.58 bits per heavy atom. The standard InChI is InChI=1S/C8H15NO3/c10-3-8(4-11-5-8)6-12-7-1-9-2-7/h7,9-10H,1-6H2. The van der Waals surface area contributed by atoms with Gasteiger partial charge in [-0.05, 0) is 0 Å². The van der Waals surface area contributed by atoms with Gasteiger partial charge in [0.25, 0.3) is 0 Å². The highest BCUT2D eigenvalue weighted by Crippen LogP contribution is 2.27. The lowest BCUT2D eigenvalue weighted by Crippen LogP contribution is -2.54. The fourth-order valence-electron chi connectivity index (χ4n) is 1.29. The molecule has 0 radical (unpaired) electrons. The molecule has 0 unspecified atom stereocenters. The molecule has 0 atom stereocenters. The van der Waals surface area contributed by atoms with Gasteiger partial charge in [0, 0.05) is 13.1 Å². The molecule has 0 aromatic rings. The van der Waals surface area contributed by atoms with Crippen LogP contribution in [0.3, 0.4) is 0 Å². The maximum atomic E-state index is 9.06. The number of ether oxygens (including phenoxy) is 2. The first-order valence-electron chi connectivity index (χ1n) is 4.36. The summed E-state index contributed by atoms with van der Waals surface area (Å²) >= 11 is 0. The first-order valence-corrected chi connectivity index (χ1v) is 4.36. The summed E-state index contributed by atoms with van der Waals surface area (Å²) in [7, 11) is 0. The van der Waals surface area contributed by atoms with Gasteiger partial charge >= 0.3 is 0 Å². The highest BCUT2D eigenvalue weighted by atomic mass is 16.5. The number of nitrogens with one attached hydrogen (secondary N) is 1. The number of hydrogen-bond acceptors (Lipinski definition) is 4. The predicted molar refractivity (Wildman–Crippen MR) is 42.9 cm³/mol. The lowest BCUT2D eigenvalue weighted by atomic mass is 9.88. The maximum absolute atomic E-state index is 9.06. The molecule has 0 aromatic carbocycles. The average molecular weight is 173 g/mol. The number of hydrogen-bond donors (Lipinski definition) is 2. The van der Waals surface area contributed by atoms with Crippen molar-refractivity contribution < 1.29 is 14.6 Å². The Labute approximate surface area is 71.9 Å². The molecule has 4 nitrogen and oxygen atoms in total. The smallest absolute Gasteiger partial charge is 0.0823 e. The van der Waals surface area contributed by atoms with Crippen LogP contribution in [0, 0.1) is 5.41 Å². The normalized spacial score (nSPS) is 27.8. The summed E-state index contributed by atoms with van der Waals surface area (Å²) in [5, 5.41) is 12.2. The Kier molecular flexibility index (Phi) is 2.32. The summed E-state index contributed by atoms with van der Waals surface area (Å²) in [5.41, 5.74) is -0.0877. The molecule has 2 rings (SSSR count). The van der Waals surface area contributed by atoms with Gasteiger partial charge in [-0.2, -0.15) is 0 Å². The molecule has 0 amide bonds. The molecule has 2 saturated heterocycles. The molecule has 0 bridgehead atoms. The fourth-order valence-corrected chi connectivity index (χ4v) is 1.29. The van der Waals surface area contributed by atoms with E-state index in [1.54, 1.807) is 0 Å². The average Bonchev–Trinajstić information content (AvgIpc) is 1.91. The summed E-state index contributed by atoms with van der Waals surface area (Å²) < 4.78 is 10.6. The van der Waals surface area contributed by atoms with Gasteiger partial charge in [-0.3, -0.25) is 0 Å². The van der Waals surface area contributed by atoms with Crippen LogP contribution in [0.15, 0.2) is 0 Å². The van der Waals surface area contributed by atoms with Crippen LogP contribution in [0.2, 0.25) is 0 Å². The zero-order valence-electron chi connectivity index (χ0n) is 7.08. The van der Waals surface area contributed by atoms with Crippen molar-refractivity contribution in [2.45, 2.75) is 6.10 Å². The second-order valence-corrected chi connectivity index (χ2v) is 3.74. The molecular formula is C8H15NO3. The second-order valence-electron chi connectivity index (χ2n) is 3.74. The zero-order chi connectivity index (χ0) is 8.44. The summed E-state index contributed by atoms with van der Waals surface area (Å²) in [6.07, 6.45) is 0.356. The Bertz CT molecular complexity index is 149. The summed E-state index contributed by atoms with van der Waals surface area (Å²) in [5.74, 6) is 0. The SMILES string of the molecule is OCC1(COC2CNC2)COC1.